The molecule has 0 saturated carbocycles. The normalized spacial score (nSPS) is 21.2. The first-order valence-electron chi connectivity index (χ1n) is 20.7. The minimum atomic E-state index is -4.86. The van der Waals surface area contributed by atoms with Gasteiger partial charge in [-0.2, -0.15) is 0 Å². The van der Waals surface area contributed by atoms with Gasteiger partial charge in [-0.3, -0.25) is 14.5 Å². The number of aromatic amines is 1. The molecule has 0 bridgehead atoms. The highest BCUT2D eigenvalue weighted by Crippen LogP contribution is 2.43. The molecule has 2 aromatic heterocycles. The predicted molar refractivity (Wildman–Crippen MR) is 235 cm³/mol. The van der Waals surface area contributed by atoms with Crippen molar-refractivity contribution in [3.63, 3.8) is 0 Å². The van der Waals surface area contributed by atoms with Crippen LogP contribution < -0.4 is 25.4 Å². The molecule has 2 amide bonds. The van der Waals surface area contributed by atoms with Crippen LogP contribution in [0.2, 0.25) is 5.02 Å². The number of rotatable bonds is 13. The van der Waals surface area contributed by atoms with E-state index in [1.54, 1.807) is 30.5 Å². The van der Waals surface area contributed by atoms with Crippen LogP contribution in [0.25, 0.3) is 16.6 Å². The van der Waals surface area contributed by atoms with E-state index in [1.807, 2.05) is 18.2 Å². The number of benzene rings is 2. The Balaban J connectivity index is 1.04. The molecule has 0 spiro atoms. The summed E-state index contributed by atoms with van der Waals surface area (Å²) in [6, 6.07) is 16.9. The Labute approximate surface area is 361 Å². The predicted octanol–water partition coefficient (Wildman–Crippen LogP) is 6.48. The Morgan fingerprint density at radius 1 is 1.05 bits per heavy atom. The van der Waals surface area contributed by atoms with Gasteiger partial charge in [0.1, 0.15) is 17.1 Å². The summed E-state index contributed by atoms with van der Waals surface area (Å²) in [5, 5.41) is 1.74. The number of fused-ring (bicyclic) bond motifs is 1. The maximum absolute atomic E-state index is 14.4. The number of primary amides is 1. The lowest BCUT2D eigenvalue weighted by Gasteiger charge is -2.39. The molecule has 16 heteroatoms. The molecular formula is C45H52ClN7O7S. The summed E-state index contributed by atoms with van der Waals surface area (Å²) >= 11 is 6.25. The summed E-state index contributed by atoms with van der Waals surface area (Å²) in [4.78, 5) is 39.2. The van der Waals surface area contributed by atoms with E-state index in [1.165, 1.54) is 41.3 Å². The Morgan fingerprint density at radius 3 is 2.57 bits per heavy atom. The summed E-state index contributed by atoms with van der Waals surface area (Å²) in [5.74, 6) is -1.59. The zero-order chi connectivity index (χ0) is 42.8. The van der Waals surface area contributed by atoms with Crippen molar-refractivity contribution in [1.82, 2.24) is 24.9 Å². The van der Waals surface area contributed by atoms with Gasteiger partial charge >= 0.3 is 0 Å². The van der Waals surface area contributed by atoms with Crippen LogP contribution in [0.1, 0.15) is 61.9 Å². The van der Waals surface area contributed by atoms with E-state index in [4.69, 9.17) is 31.5 Å². The van der Waals surface area contributed by atoms with Crippen molar-refractivity contribution >= 4 is 55.7 Å². The van der Waals surface area contributed by atoms with Crippen LogP contribution >= 0.6 is 11.6 Å². The largest absolute Gasteiger partial charge is 0.455 e. The summed E-state index contributed by atoms with van der Waals surface area (Å²) in [7, 11) is -4.86. The van der Waals surface area contributed by atoms with Gasteiger partial charge in [0.05, 0.1) is 23.9 Å². The van der Waals surface area contributed by atoms with Crippen LogP contribution in [0.5, 0.6) is 11.5 Å². The molecule has 4 aliphatic rings. The van der Waals surface area contributed by atoms with Crippen LogP contribution in [-0.4, -0.2) is 92.7 Å². The Morgan fingerprint density at radius 2 is 1.82 bits per heavy atom. The Kier molecular flexibility index (Phi) is 12.3. The molecule has 0 radical (unpaired) electrons. The number of dihydropyridines is 1. The molecule has 1 atom stereocenters. The number of nitrogens with zero attached hydrogens (tertiary/aromatic N) is 3. The lowest BCUT2D eigenvalue weighted by atomic mass is 9.72. The second kappa shape index (κ2) is 17.7. The number of piperazine rings is 1. The average Bonchev–Trinajstić information content (AvgIpc) is 3.72. The molecule has 2 fully saturated rings. The smallest absolute Gasteiger partial charge is 0.294 e. The van der Waals surface area contributed by atoms with E-state index in [0.29, 0.717) is 37.5 Å². The number of anilines is 1. The van der Waals surface area contributed by atoms with Gasteiger partial charge in [-0.05, 0) is 103 Å². The number of nitrogens with two attached hydrogens (primary N) is 1. The third kappa shape index (κ3) is 9.36. The summed E-state index contributed by atoms with van der Waals surface area (Å²) in [5.41, 5.74) is 11.1. The maximum atomic E-state index is 14.4. The summed E-state index contributed by atoms with van der Waals surface area (Å²) in [6.45, 7) is 9.60. The molecule has 1 aliphatic carbocycles. The van der Waals surface area contributed by atoms with Crippen molar-refractivity contribution in [2.75, 3.05) is 57.4 Å². The molecule has 61 heavy (non-hydrogen) atoms. The number of carbonyl (C=O) groups is 2. The maximum Gasteiger partial charge on any atom is 0.294 e. The van der Waals surface area contributed by atoms with E-state index < -0.39 is 26.9 Å². The van der Waals surface area contributed by atoms with Crippen LogP contribution in [0, 0.1) is 11.3 Å². The Bertz CT molecular complexity index is 2490. The van der Waals surface area contributed by atoms with E-state index in [-0.39, 0.29) is 34.8 Å². The number of pyridine rings is 1. The number of sulfonamides is 1. The van der Waals surface area contributed by atoms with Crippen LogP contribution in [0.15, 0.2) is 96.5 Å². The molecule has 1 unspecified atom stereocenters. The first kappa shape index (κ1) is 42.5. The number of ether oxygens (including phenoxy) is 3. The molecule has 4 aromatic rings. The fourth-order valence-electron chi connectivity index (χ4n) is 8.53. The van der Waals surface area contributed by atoms with Gasteiger partial charge < -0.3 is 35.1 Å². The molecule has 8 rings (SSSR count). The second-order valence-electron chi connectivity index (χ2n) is 16.9. The van der Waals surface area contributed by atoms with Gasteiger partial charge in [0.15, 0.2) is 0 Å². The molecule has 5 N–H and O–H groups in total. The number of aromatic nitrogens is 2. The van der Waals surface area contributed by atoms with Crippen molar-refractivity contribution in [3.8, 4) is 11.5 Å². The van der Waals surface area contributed by atoms with Crippen molar-refractivity contribution in [2.45, 2.75) is 51.0 Å². The van der Waals surface area contributed by atoms with Crippen molar-refractivity contribution in [2.24, 2.45) is 17.1 Å². The lowest BCUT2D eigenvalue weighted by Crippen LogP contribution is -2.62. The molecular weight excluding hydrogens is 818 g/mol. The van der Waals surface area contributed by atoms with Crippen LogP contribution in [0.3, 0.4) is 0 Å². The number of halogens is 1. The number of amides is 2. The first-order valence-corrected chi connectivity index (χ1v) is 22.6. The second-order valence-corrected chi connectivity index (χ2v) is 19.2. The van der Waals surface area contributed by atoms with Crippen molar-refractivity contribution in [1.29, 1.82) is 0 Å². The minimum Gasteiger partial charge on any atom is -0.455 e. The number of hydrogen-bond acceptors (Lipinski definition) is 11. The highest BCUT2D eigenvalue weighted by molar-refractivity contribution is 7.91. The summed E-state index contributed by atoms with van der Waals surface area (Å²) < 4.78 is 48.9. The number of H-pyrrole nitrogens is 1. The van der Waals surface area contributed by atoms with E-state index >= 15 is 0 Å². The number of carbonyl (C=O) groups excluding carboxylic acids is 2. The third-order valence-corrected chi connectivity index (χ3v) is 14.0. The van der Waals surface area contributed by atoms with Crippen molar-refractivity contribution < 1.29 is 32.2 Å². The molecule has 3 aliphatic heterocycles. The fraction of sp³-hybridized carbons (Fsp3) is 0.400. The number of allylic oxidation sites excluding steroid dienone is 3. The molecule has 2 aromatic carbocycles. The topological polar surface area (TPSA) is 181 Å². The van der Waals surface area contributed by atoms with Gasteiger partial charge in [0.2, 0.25) is 0 Å². The monoisotopic (exact) mass is 869 g/mol. The highest BCUT2D eigenvalue weighted by Gasteiger charge is 2.53. The fourth-order valence-corrected chi connectivity index (χ4v) is 10.1. The molecule has 322 valence electrons. The zero-order valence-corrected chi connectivity index (χ0v) is 36.0. The SMILES string of the molecule is CC1(C)CCC(CN2CCN(c3ccc(C(=O)NS(=O)(=O)C4(OCC5CCOCC5)NC=CC=C4C(N)=O)c(Oc4cnc5[nH]ccc5c4)c3)CC2)=C(c2ccc(Cl)cc2)C1. The minimum absolute atomic E-state index is 0.0336. The highest BCUT2D eigenvalue weighted by atomic mass is 35.5. The van der Waals surface area contributed by atoms with Gasteiger partial charge in [-0.25, -0.2) is 18.1 Å². The summed E-state index contributed by atoms with van der Waals surface area (Å²) in [6.07, 6.45) is 11.8. The van der Waals surface area contributed by atoms with Gasteiger partial charge in [-0.1, -0.05) is 43.2 Å². The molecule has 2 saturated heterocycles. The first-order chi connectivity index (χ1) is 29.3. The molecule has 14 nitrogen and oxygen atoms in total. The van der Waals surface area contributed by atoms with E-state index in [2.05, 4.69) is 55.8 Å². The van der Waals surface area contributed by atoms with E-state index in [9.17, 15) is 18.0 Å². The van der Waals surface area contributed by atoms with Crippen LogP contribution in [-0.2, 0) is 24.3 Å². The zero-order valence-electron chi connectivity index (χ0n) is 34.4. The molecule has 5 heterocycles. The van der Waals surface area contributed by atoms with Gasteiger partial charge in [-0.15, -0.1) is 0 Å². The average molecular weight is 870 g/mol. The van der Waals surface area contributed by atoms with E-state index in [0.717, 1.165) is 68.1 Å². The standard InChI is InChI=1S/C45H52ClN7O7S/c1-44(2)15-11-33(38(26-44)31-5-7-34(46)8-6-31)28-52-18-20-53(21-19-52)35-9-10-37(40(25-35)60-36-24-32-12-17-48-42(32)49-27-36)43(55)51-61(56,57)45(39(41(47)54)4-3-16-50-45)59-29-30-13-22-58-23-14-30/h3-10,12,16-17,24-25,27,30,50H,11,13-15,18-23,26,28-29H2,1-2H3,(H2,47,54)(H,48,49)(H,51,55). The number of nitrogens with one attached hydrogen (secondary N) is 3. The lowest BCUT2D eigenvalue weighted by molar-refractivity contribution is -0.117. The Hall–Kier alpha value is -5.19. The van der Waals surface area contributed by atoms with Gasteiger partial charge in [0, 0.05) is 80.5 Å². The third-order valence-electron chi connectivity index (χ3n) is 12.1. The quantitative estimate of drug-likeness (QED) is 0.116. The van der Waals surface area contributed by atoms with Crippen LogP contribution in [0.4, 0.5) is 5.69 Å². The number of hydrogen-bond donors (Lipinski definition) is 4. The van der Waals surface area contributed by atoms with Gasteiger partial charge in [0.25, 0.3) is 26.9 Å². The van der Waals surface area contributed by atoms with Crippen molar-refractivity contribution in [3.05, 3.63) is 113 Å².